The van der Waals surface area contributed by atoms with Gasteiger partial charge in [-0.15, -0.1) is 6.58 Å². The van der Waals surface area contributed by atoms with Gasteiger partial charge in [0.2, 0.25) is 0 Å². The SMILES string of the molecule is C=CC(NN)c1ccc(Cl)cc1C. The Morgan fingerprint density at radius 3 is 2.77 bits per heavy atom. The number of rotatable bonds is 3. The predicted molar refractivity (Wildman–Crippen MR) is 56.5 cm³/mol. The molecule has 0 amide bonds. The van der Waals surface area contributed by atoms with E-state index in [1.54, 1.807) is 6.08 Å². The van der Waals surface area contributed by atoms with Gasteiger partial charge in [0.05, 0.1) is 6.04 Å². The van der Waals surface area contributed by atoms with Crippen LogP contribution in [0.2, 0.25) is 5.02 Å². The van der Waals surface area contributed by atoms with E-state index in [1.807, 2.05) is 25.1 Å². The first-order chi connectivity index (χ1) is 6.19. The maximum atomic E-state index is 5.83. The molecule has 2 nitrogen and oxygen atoms in total. The van der Waals surface area contributed by atoms with Crippen molar-refractivity contribution in [2.45, 2.75) is 13.0 Å². The number of aryl methyl sites for hydroxylation is 1. The zero-order valence-electron chi connectivity index (χ0n) is 7.55. The second-order valence-electron chi connectivity index (χ2n) is 2.88. The summed E-state index contributed by atoms with van der Waals surface area (Å²) < 4.78 is 0. The normalized spacial score (nSPS) is 12.5. The zero-order valence-corrected chi connectivity index (χ0v) is 8.31. The average Bonchev–Trinajstić information content (AvgIpc) is 2.10. The van der Waals surface area contributed by atoms with Crippen LogP contribution in [0.5, 0.6) is 0 Å². The minimum Gasteiger partial charge on any atom is -0.271 e. The summed E-state index contributed by atoms with van der Waals surface area (Å²) in [5.74, 6) is 5.37. The van der Waals surface area contributed by atoms with Gasteiger partial charge in [0.25, 0.3) is 0 Å². The van der Waals surface area contributed by atoms with Crippen LogP contribution < -0.4 is 11.3 Å². The van der Waals surface area contributed by atoms with Gasteiger partial charge in [0, 0.05) is 5.02 Å². The molecule has 0 saturated carbocycles. The molecule has 0 aliphatic carbocycles. The molecule has 1 unspecified atom stereocenters. The summed E-state index contributed by atoms with van der Waals surface area (Å²) in [6, 6.07) is 5.68. The molecule has 0 spiro atoms. The van der Waals surface area contributed by atoms with E-state index in [0.717, 1.165) is 16.1 Å². The smallest absolute Gasteiger partial charge is 0.0640 e. The second-order valence-corrected chi connectivity index (χ2v) is 3.32. The highest BCUT2D eigenvalue weighted by Gasteiger charge is 2.07. The molecule has 1 aromatic carbocycles. The molecule has 0 aromatic heterocycles. The van der Waals surface area contributed by atoms with Crippen LogP contribution >= 0.6 is 11.6 Å². The van der Waals surface area contributed by atoms with Crippen molar-refractivity contribution in [2.24, 2.45) is 5.84 Å². The minimum absolute atomic E-state index is 0.0164. The van der Waals surface area contributed by atoms with Crippen molar-refractivity contribution < 1.29 is 0 Å². The quantitative estimate of drug-likeness (QED) is 0.443. The lowest BCUT2D eigenvalue weighted by atomic mass is 10.0. The fourth-order valence-corrected chi connectivity index (χ4v) is 1.50. The minimum atomic E-state index is -0.0164. The molecular weight excluding hydrogens is 184 g/mol. The number of hydrogen-bond acceptors (Lipinski definition) is 2. The Morgan fingerprint density at radius 2 is 2.31 bits per heavy atom. The molecule has 70 valence electrons. The molecule has 1 atom stereocenters. The van der Waals surface area contributed by atoms with Crippen LogP contribution in [0.15, 0.2) is 30.9 Å². The highest BCUT2D eigenvalue weighted by Crippen LogP contribution is 2.21. The van der Waals surface area contributed by atoms with Crippen molar-refractivity contribution in [1.82, 2.24) is 5.43 Å². The van der Waals surface area contributed by atoms with E-state index in [9.17, 15) is 0 Å². The predicted octanol–water partition coefficient (Wildman–Crippen LogP) is 2.34. The van der Waals surface area contributed by atoms with E-state index in [1.165, 1.54) is 0 Å². The largest absolute Gasteiger partial charge is 0.271 e. The summed E-state index contributed by atoms with van der Waals surface area (Å²) in [4.78, 5) is 0. The fourth-order valence-electron chi connectivity index (χ4n) is 1.27. The topological polar surface area (TPSA) is 38.0 Å². The maximum absolute atomic E-state index is 5.83. The maximum Gasteiger partial charge on any atom is 0.0640 e. The zero-order chi connectivity index (χ0) is 9.84. The Balaban J connectivity index is 3.06. The molecule has 3 N–H and O–H groups in total. The molecule has 0 heterocycles. The number of hydrogen-bond donors (Lipinski definition) is 2. The third-order valence-electron chi connectivity index (χ3n) is 1.98. The Labute approximate surface area is 83.4 Å². The molecule has 0 fully saturated rings. The number of benzene rings is 1. The van der Waals surface area contributed by atoms with Crippen LogP contribution in [0.25, 0.3) is 0 Å². The van der Waals surface area contributed by atoms with Gasteiger partial charge < -0.3 is 0 Å². The number of nitrogens with one attached hydrogen (secondary N) is 1. The van der Waals surface area contributed by atoms with Gasteiger partial charge in [-0.05, 0) is 30.2 Å². The lowest BCUT2D eigenvalue weighted by Crippen LogP contribution is -2.26. The van der Waals surface area contributed by atoms with Crippen molar-refractivity contribution in [1.29, 1.82) is 0 Å². The van der Waals surface area contributed by atoms with Crippen molar-refractivity contribution >= 4 is 11.6 Å². The van der Waals surface area contributed by atoms with Crippen LogP contribution in [0.1, 0.15) is 17.2 Å². The lowest BCUT2D eigenvalue weighted by Gasteiger charge is -2.14. The molecule has 0 radical (unpaired) electrons. The number of nitrogens with two attached hydrogens (primary N) is 1. The summed E-state index contributed by atoms with van der Waals surface area (Å²) in [7, 11) is 0. The highest BCUT2D eigenvalue weighted by molar-refractivity contribution is 6.30. The Hall–Kier alpha value is -0.830. The second kappa shape index (κ2) is 4.42. The van der Waals surface area contributed by atoms with Gasteiger partial charge in [0.15, 0.2) is 0 Å². The summed E-state index contributed by atoms with van der Waals surface area (Å²) in [6.07, 6.45) is 1.76. The number of hydrazine groups is 1. The monoisotopic (exact) mass is 196 g/mol. The van der Waals surface area contributed by atoms with Gasteiger partial charge in [-0.25, -0.2) is 5.43 Å². The lowest BCUT2D eigenvalue weighted by molar-refractivity contribution is 0.653. The number of halogens is 1. The molecule has 1 rings (SSSR count). The van der Waals surface area contributed by atoms with E-state index in [0.29, 0.717) is 0 Å². The van der Waals surface area contributed by atoms with Gasteiger partial charge in [-0.3, -0.25) is 5.84 Å². The van der Waals surface area contributed by atoms with Gasteiger partial charge >= 0.3 is 0 Å². The average molecular weight is 197 g/mol. The molecular formula is C10H13ClN2. The Kier molecular flexibility index (Phi) is 3.48. The van der Waals surface area contributed by atoms with Crippen LogP contribution in [-0.2, 0) is 0 Å². The van der Waals surface area contributed by atoms with E-state index in [2.05, 4.69) is 12.0 Å². The first kappa shape index (κ1) is 10.3. The van der Waals surface area contributed by atoms with Crippen molar-refractivity contribution in [3.63, 3.8) is 0 Å². The third kappa shape index (κ3) is 2.31. The fraction of sp³-hybridized carbons (Fsp3) is 0.200. The molecule has 1 aromatic rings. The van der Waals surface area contributed by atoms with E-state index in [4.69, 9.17) is 17.4 Å². The Morgan fingerprint density at radius 1 is 1.62 bits per heavy atom. The van der Waals surface area contributed by atoms with Crippen molar-refractivity contribution in [2.75, 3.05) is 0 Å². The highest BCUT2D eigenvalue weighted by atomic mass is 35.5. The standard InChI is InChI=1S/C10H13ClN2/c1-3-10(13-12)9-5-4-8(11)6-7(9)2/h3-6,10,13H,1,12H2,2H3. The van der Waals surface area contributed by atoms with Gasteiger partial charge in [0.1, 0.15) is 0 Å². The first-order valence-electron chi connectivity index (χ1n) is 4.03. The molecule has 0 saturated heterocycles. The summed E-state index contributed by atoms with van der Waals surface area (Å²) in [5, 5.41) is 0.737. The summed E-state index contributed by atoms with van der Waals surface area (Å²) in [5.41, 5.74) is 4.87. The van der Waals surface area contributed by atoms with Crippen molar-refractivity contribution in [3.8, 4) is 0 Å². The Bertz CT molecular complexity index is 310. The summed E-state index contributed by atoms with van der Waals surface area (Å²) >= 11 is 5.83. The molecule has 0 bridgehead atoms. The summed E-state index contributed by atoms with van der Waals surface area (Å²) in [6.45, 7) is 5.69. The molecule has 0 aliphatic heterocycles. The van der Waals surface area contributed by atoms with Crippen LogP contribution in [0, 0.1) is 6.92 Å². The van der Waals surface area contributed by atoms with Crippen LogP contribution in [-0.4, -0.2) is 0 Å². The van der Waals surface area contributed by atoms with Gasteiger partial charge in [-0.2, -0.15) is 0 Å². The molecule has 13 heavy (non-hydrogen) atoms. The van der Waals surface area contributed by atoms with E-state index >= 15 is 0 Å². The third-order valence-corrected chi connectivity index (χ3v) is 2.22. The van der Waals surface area contributed by atoms with Crippen molar-refractivity contribution in [3.05, 3.63) is 47.0 Å². The van der Waals surface area contributed by atoms with Gasteiger partial charge in [-0.1, -0.05) is 23.7 Å². The van der Waals surface area contributed by atoms with E-state index in [-0.39, 0.29) is 6.04 Å². The first-order valence-corrected chi connectivity index (χ1v) is 4.41. The van der Waals surface area contributed by atoms with Crippen LogP contribution in [0.3, 0.4) is 0 Å². The molecule has 0 aliphatic rings. The van der Waals surface area contributed by atoms with E-state index < -0.39 is 0 Å². The molecule has 3 heteroatoms. The van der Waals surface area contributed by atoms with Crippen LogP contribution in [0.4, 0.5) is 0 Å².